The van der Waals surface area contributed by atoms with Gasteiger partial charge in [-0.3, -0.25) is 14.2 Å². The van der Waals surface area contributed by atoms with Crippen LogP contribution in [0.5, 0.6) is 0 Å². The highest BCUT2D eigenvalue weighted by atomic mass is 32.2. The van der Waals surface area contributed by atoms with Gasteiger partial charge in [-0.2, -0.15) is 0 Å². The van der Waals surface area contributed by atoms with Crippen molar-refractivity contribution in [2.75, 3.05) is 5.75 Å². The first kappa shape index (κ1) is 16.5. The minimum Gasteiger partial charge on any atom is -0.299 e. The molecule has 0 saturated heterocycles. The van der Waals surface area contributed by atoms with Gasteiger partial charge in [-0.15, -0.1) is 0 Å². The Balaban J connectivity index is 2.19. The van der Waals surface area contributed by atoms with Crippen LogP contribution in [0.4, 0.5) is 0 Å². The lowest BCUT2D eigenvalue weighted by Crippen LogP contribution is -2.27. The Morgan fingerprint density at radius 1 is 1.12 bits per heavy atom. The zero-order chi connectivity index (χ0) is 17.1. The van der Waals surface area contributed by atoms with Gasteiger partial charge in [0.1, 0.15) is 5.78 Å². The Hall–Kier alpha value is -2.40. The van der Waals surface area contributed by atoms with E-state index in [1.165, 1.54) is 18.7 Å². The Labute approximate surface area is 144 Å². The molecule has 3 rings (SSSR count). The van der Waals surface area contributed by atoms with Gasteiger partial charge in [0, 0.05) is 0 Å². The van der Waals surface area contributed by atoms with E-state index in [-0.39, 0.29) is 17.4 Å². The lowest BCUT2D eigenvalue weighted by molar-refractivity contribution is -0.114. The first-order valence-corrected chi connectivity index (χ1v) is 8.75. The predicted molar refractivity (Wildman–Crippen MR) is 97.7 cm³/mol. The summed E-state index contributed by atoms with van der Waals surface area (Å²) >= 11 is 1.31. The van der Waals surface area contributed by atoms with Crippen LogP contribution in [0.1, 0.15) is 25.5 Å². The molecule has 1 atom stereocenters. The minimum absolute atomic E-state index is 0.0568. The summed E-state index contributed by atoms with van der Waals surface area (Å²) in [7, 11) is 0. The average Bonchev–Trinajstić information content (AvgIpc) is 2.60. The van der Waals surface area contributed by atoms with Crippen LogP contribution in [-0.4, -0.2) is 21.1 Å². The van der Waals surface area contributed by atoms with E-state index >= 15 is 0 Å². The first-order valence-electron chi connectivity index (χ1n) is 7.76. The number of benzene rings is 2. The fourth-order valence-electron chi connectivity index (χ4n) is 2.62. The maximum Gasteiger partial charge on any atom is 0.262 e. The average molecular weight is 338 g/mol. The van der Waals surface area contributed by atoms with E-state index in [4.69, 9.17) is 0 Å². The number of ketones is 1. The van der Waals surface area contributed by atoms with Gasteiger partial charge >= 0.3 is 0 Å². The van der Waals surface area contributed by atoms with E-state index < -0.39 is 0 Å². The summed E-state index contributed by atoms with van der Waals surface area (Å²) < 4.78 is 1.69. The van der Waals surface area contributed by atoms with E-state index in [0.717, 1.165) is 5.56 Å². The van der Waals surface area contributed by atoms with Crippen LogP contribution in [0.15, 0.2) is 64.5 Å². The van der Waals surface area contributed by atoms with E-state index in [1.54, 1.807) is 10.6 Å². The number of Topliss-reactive ketones (excluding diaryl/α,β-unsaturated/α-hetero) is 1. The van der Waals surface area contributed by atoms with Gasteiger partial charge in [0.2, 0.25) is 0 Å². The van der Waals surface area contributed by atoms with Crippen LogP contribution < -0.4 is 5.56 Å². The molecule has 0 aliphatic heterocycles. The molecule has 0 aliphatic carbocycles. The molecule has 0 aliphatic rings. The molecule has 3 aromatic rings. The smallest absolute Gasteiger partial charge is 0.262 e. The number of thioether (sulfide) groups is 1. The van der Waals surface area contributed by atoms with E-state index in [9.17, 15) is 9.59 Å². The molecule has 2 aromatic carbocycles. The quantitative estimate of drug-likeness (QED) is 0.526. The monoisotopic (exact) mass is 338 g/mol. The normalized spacial score (nSPS) is 12.2. The Kier molecular flexibility index (Phi) is 4.81. The van der Waals surface area contributed by atoms with Gasteiger partial charge in [0.25, 0.3) is 5.56 Å². The van der Waals surface area contributed by atoms with Gasteiger partial charge in [-0.1, -0.05) is 54.2 Å². The molecule has 0 bridgehead atoms. The van der Waals surface area contributed by atoms with Gasteiger partial charge < -0.3 is 0 Å². The third-order valence-corrected chi connectivity index (χ3v) is 4.95. The third kappa shape index (κ3) is 3.26. The molecule has 0 spiro atoms. The standard InChI is InChI=1S/C19H18N2O2S/c1-13(22)12-24-19-20-17-11-7-6-10-16(17)18(23)21(19)14(2)15-8-4-3-5-9-15/h3-11,14H,12H2,1-2H3. The number of fused-ring (bicyclic) bond motifs is 1. The highest BCUT2D eigenvalue weighted by molar-refractivity contribution is 7.99. The van der Waals surface area contributed by atoms with E-state index in [1.807, 2.05) is 55.5 Å². The molecule has 0 amide bonds. The molecule has 1 unspecified atom stereocenters. The minimum atomic E-state index is -0.162. The second kappa shape index (κ2) is 7.01. The summed E-state index contributed by atoms with van der Waals surface area (Å²) in [5.41, 5.74) is 1.61. The Morgan fingerprint density at radius 2 is 1.79 bits per heavy atom. The van der Waals surface area contributed by atoms with Crippen molar-refractivity contribution >= 4 is 28.4 Å². The molecule has 4 nitrogen and oxygen atoms in total. The summed E-state index contributed by atoms with van der Waals surface area (Å²) in [6.45, 7) is 3.52. The summed E-state index contributed by atoms with van der Waals surface area (Å²) in [4.78, 5) is 29.0. The highest BCUT2D eigenvalue weighted by Crippen LogP contribution is 2.24. The zero-order valence-electron chi connectivity index (χ0n) is 13.6. The van der Waals surface area contributed by atoms with Gasteiger partial charge in [0.15, 0.2) is 5.16 Å². The van der Waals surface area contributed by atoms with Crippen molar-refractivity contribution in [2.24, 2.45) is 0 Å². The summed E-state index contributed by atoms with van der Waals surface area (Å²) in [5.74, 6) is 0.355. The molecule has 0 N–H and O–H groups in total. The number of nitrogens with zero attached hydrogens (tertiary/aromatic N) is 2. The summed E-state index contributed by atoms with van der Waals surface area (Å²) in [6.07, 6.45) is 0. The van der Waals surface area contributed by atoms with Crippen molar-refractivity contribution in [2.45, 2.75) is 25.0 Å². The van der Waals surface area contributed by atoms with Crippen LogP contribution in [0, 0.1) is 0 Å². The van der Waals surface area contributed by atoms with Crippen LogP contribution in [0.3, 0.4) is 0 Å². The molecule has 24 heavy (non-hydrogen) atoms. The third-order valence-electron chi connectivity index (χ3n) is 3.85. The summed E-state index contributed by atoms with van der Waals surface area (Å²) in [5, 5.41) is 1.16. The molecule has 0 radical (unpaired) electrons. The highest BCUT2D eigenvalue weighted by Gasteiger charge is 2.18. The van der Waals surface area contributed by atoms with Crippen LogP contribution in [0.25, 0.3) is 10.9 Å². The van der Waals surface area contributed by atoms with Crippen LogP contribution in [-0.2, 0) is 4.79 Å². The van der Waals surface area contributed by atoms with Crippen LogP contribution in [0.2, 0.25) is 0 Å². The number of carbonyl (C=O) groups is 1. The van der Waals surface area contributed by atoms with Gasteiger partial charge in [0.05, 0.1) is 22.7 Å². The molecule has 0 saturated carbocycles. The zero-order valence-corrected chi connectivity index (χ0v) is 14.4. The molecule has 0 fully saturated rings. The molecule has 1 heterocycles. The fourth-order valence-corrected chi connectivity index (χ4v) is 3.49. The van der Waals surface area contributed by atoms with E-state index in [2.05, 4.69) is 4.98 Å². The molecular weight excluding hydrogens is 320 g/mol. The van der Waals surface area contributed by atoms with Crippen molar-refractivity contribution < 1.29 is 4.79 Å². The number of hydrogen-bond donors (Lipinski definition) is 0. The Morgan fingerprint density at radius 3 is 2.50 bits per heavy atom. The number of rotatable bonds is 5. The Bertz CT molecular complexity index is 935. The number of para-hydroxylation sites is 1. The second-order valence-corrected chi connectivity index (χ2v) is 6.61. The maximum absolute atomic E-state index is 13.0. The predicted octanol–water partition coefficient (Wildman–Crippen LogP) is 3.69. The molecule has 122 valence electrons. The molecule has 1 aromatic heterocycles. The largest absolute Gasteiger partial charge is 0.299 e. The number of carbonyl (C=O) groups excluding carboxylic acids is 1. The summed E-state index contributed by atoms with van der Waals surface area (Å²) in [6, 6.07) is 17.0. The number of aromatic nitrogens is 2. The van der Waals surface area contributed by atoms with Crippen molar-refractivity contribution in [1.29, 1.82) is 0 Å². The van der Waals surface area contributed by atoms with Gasteiger partial charge in [-0.25, -0.2) is 4.98 Å². The fraction of sp³-hybridized carbons (Fsp3) is 0.211. The SMILES string of the molecule is CC(=O)CSc1nc2ccccc2c(=O)n1C(C)c1ccccc1. The number of hydrogen-bond acceptors (Lipinski definition) is 4. The van der Waals surface area contributed by atoms with Crippen molar-refractivity contribution in [3.8, 4) is 0 Å². The topological polar surface area (TPSA) is 52.0 Å². The van der Waals surface area contributed by atoms with Crippen molar-refractivity contribution in [3.63, 3.8) is 0 Å². The second-order valence-electron chi connectivity index (χ2n) is 5.66. The first-order chi connectivity index (χ1) is 11.6. The lowest BCUT2D eigenvalue weighted by Gasteiger charge is -2.19. The molecular formula is C19H18N2O2S. The van der Waals surface area contributed by atoms with Gasteiger partial charge in [-0.05, 0) is 31.5 Å². The molecule has 5 heteroatoms. The van der Waals surface area contributed by atoms with Crippen molar-refractivity contribution in [3.05, 3.63) is 70.5 Å². The maximum atomic E-state index is 13.0. The van der Waals surface area contributed by atoms with E-state index in [0.29, 0.717) is 21.8 Å². The van der Waals surface area contributed by atoms with Crippen LogP contribution >= 0.6 is 11.8 Å². The van der Waals surface area contributed by atoms with Crippen molar-refractivity contribution in [1.82, 2.24) is 9.55 Å². The lowest BCUT2D eigenvalue weighted by atomic mass is 10.1.